The molecule has 3 aliphatic heterocycles. The first-order valence-corrected chi connectivity index (χ1v) is 14.1. The molecule has 0 bridgehead atoms. The molecule has 202 valence electrons. The summed E-state index contributed by atoms with van der Waals surface area (Å²) in [5.41, 5.74) is 0.831. The molecule has 11 heteroatoms. The van der Waals surface area contributed by atoms with E-state index in [-0.39, 0.29) is 31.3 Å². The lowest BCUT2D eigenvalue weighted by molar-refractivity contribution is -0.234. The molecule has 1 aromatic rings. The van der Waals surface area contributed by atoms with Gasteiger partial charge >= 0.3 is 5.97 Å². The third-order valence-corrected chi connectivity index (χ3v) is 7.80. The normalized spacial score (nSPS) is 31.4. The van der Waals surface area contributed by atoms with Gasteiger partial charge in [0.15, 0.2) is 17.9 Å². The highest BCUT2D eigenvalue weighted by atomic mass is 32.2. The van der Waals surface area contributed by atoms with Crippen LogP contribution in [0.2, 0.25) is 0 Å². The minimum Gasteiger partial charge on any atom is -0.465 e. The van der Waals surface area contributed by atoms with Crippen molar-refractivity contribution >= 4 is 16.0 Å². The van der Waals surface area contributed by atoms with E-state index in [4.69, 9.17) is 28.4 Å². The number of benzene rings is 1. The Morgan fingerprint density at radius 3 is 2.33 bits per heavy atom. The zero-order valence-electron chi connectivity index (χ0n) is 21.5. The van der Waals surface area contributed by atoms with E-state index in [0.29, 0.717) is 6.42 Å². The number of hydrogen-bond donors (Lipinski definition) is 1. The number of fused-ring (bicyclic) bond motifs is 3. The van der Waals surface area contributed by atoms with Crippen molar-refractivity contribution < 1.29 is 41.6 Å². The van der Waals surface area contributed by atoms with E-state index in [9.17, 15) is 13.2 Å². The molecule has 3 aliphatic rings. The number of hydrogen-bond acceptors (Lipinski definition) is 9. The fraction of sp³-hybridized carbons (Fsp3) is 0.720. The lowest BCUT2D eigenvalue weighted by Gasteiger charge is -2.37. The van der Waals surface area contributed by atoms with Gasteiger partial charge in [-0.15, -0.1) is 0 Å². The Morgan fingerprint density at radius 2 is 1.64 bits per heavy atom. The maximum atomic E-state index is 12.9. The zero-order chi connectivity index (χ0) is 26.1. The Bertz CT molecular complexity index is 1010. The lowest BCUT2D eigenvalue weighted by atomic mass is 9.96. The summed E-state index contributed by atoms with van der Waals surface area (Å²) in [5, 5.41) is 0. The average molecular weight is 528 g/mol. The monoisotopic (exact) mass is 527 g/mol. The minimum absolute atomic E-state index is 0.163. The molecule has 1 N–H and O–H groups in total. The second kappa shape index (κ2) is 10.6. The molecule has 0 radical (unpaired) electrons. The summed E-state index contributed by atoms with van der Waals surface area (Å²) in [6.07, 6.45) is -1.42. The topological polar surface area (TPSA) is 119 Å². The first-order chi connectivity index (χ1) is 16.9. The van der Waals surface area contributed by atoms with Gasteiger partial charge in [0.05, 0.1) is 18.5 Å². The number of ether oxygens (including phenoxy) is 6. The summed E-state index contributed by atoms with van der Waals surface area (Å²) in [6, 6.07) is 8.20. The molecular formula is C25H37NO9S. The predicted octanol–water partition coefficient (Wildman–Crippen LogP) is 2.26. The summed E-state index contributed by atoms with van der Waals surface area (Å²) in [7, 11) is -3.78. The highest BCUT2D eigenvalue weighted by Crippen LogP contribution is 2.44. The van der Waals surface area contributed by atoms with Gasteiger partial charge in [-0.25, -0.2) is 13.1 Å². The van der Waals surface area contributed by atoms with Crippen LogP contribution in [0.15, 0.2) is 30.3 Å². The van der Waals surface area contributed by atoms with Gasteiger partial charge in [0.25, 0.3) is 0 Å². The van der Waals surface area contributed by atoms with Crippen molar-refractivity contribution in [3.05, 3.63) is 35.9 Å². The summed E-state index contributed by atoms with van der Waals surface area (Å²) in [6.45, 7) is 9.13. The fourth-order valence-electron chi connectivity index (χ4n) is 4.94. The van der Waals surface area contributed by atoms with Crippen molar-refractivity contribution in [1.82, 2.24) is 4.72 Å². The van der Waals surface area contributed by atoms with Gasteiger partial charge < -0.3 is 28.4 Å². The summed E-state index contributed by atoms with van der Waals surface area (Å²) in [5.74, 6) is -2.43. The van der Waals surface area contributed by atoms with Crippen LogP contribution in [0.1, 0.15) is 53.0 Å². The van der Waals surface area contributed by atoms with Crippen LogP contribution in [0.25, 0.3) is 0 Å². The van der Waals surface area contributed by atoms with Crippen molar-refractivity contribution in [1.29, 1.82) is 0 Å². The van der Waals surface area contributed by atoms with E-state index in [1.54, 1.807) is 6.92 Å². The smallest absolute Gasteiger partial charge is 0.324 e. The van der Waals surface area contributed by atoms with E-state index >= 15 is 0 Å². The van der Waals surface area contributed by atoms with Crippen LogP contribution >= 0.6 is 0 Å². The van der Waals surface area contributed by atoms with Crippen LogP contribution in [-0.4, -0.2) is 75.1 Å². The molecule has 4 rings (SSSR count). The van der Waals surface area contributed by atoms with Crippen LogP contribution in [0.4, 0.5) is 0 Å². The fourth-order valence-corrected chi connectivity index (χ4v) is 6.22. The van der Waals surface area contributed by atoms with Crippen LogP contribution in [0.3, 0.4) is 0 Å². The van der Waals surface area contributed by atoms with E-state index in [1.807, 2.05) is 58.0 Å². The Morgan fingerprint density at radius 1 is 1.00 bits per heavy atom. The highest BCUT2D eigenvalue weighted by Gasteiger charge is 2.60. The van der Waals surface area contributed by atoms with Crippen molar-refractivity contribution in [2.75, 3.05) is 12.4 Å². The van der Waals surface area contributed by atoms with E-state index in [2.05, 4.69) is 4.72 Å². The Balaban J connectivity index is 1.38. The SMILES string of the molecule is CCOC(=O)[C@H](Cc1ccccc1)NS(=O)(=O)CCC[C@H]1O[C@@H]2OC(C)(C)O[C@@H]2[C@H]2OC(C)(C)O[C@H]21. The van der Waals surface area contributed by atoms with Gasteiger partial charge in [-0.3, -0.25) is 4.79 Å². The molecule has 1 aromatic carbocycles. The molecule has 0 unspecified atom stereocenters. The van der Waals surface area contributed by atoms with E-state index in [1.165, 1.54) is 0 Å². The van der Waals surface area contributed by atoms with Gasteiger partial charge in [-0.05, 0) is 59.4 Å². The third-order valence-electron chi connectivity index (χ3n) is 6.33. The van der Waals surface area contributed by atoms with Crippen molar-refractivity contribution in [3.8, 4) is 0 Å². The zero-order valence-corrected chi connectivity index (χ0v) is 22.3. The van der Waals surface area contributed by atoms with Crippen LogP contribution in [-0.2, 0) is 49.7 Å². The predicted molar refractivity (Wildman–Crippen MR) is 129 cm³/mol. The molecule has 0 amide bonds. The largest absolute Gasteiger partial charge is 0.465 e. The first-order valence-electron chi connectivity index (χ1n) is 12.5. The Kier molecular flexibility index (Phi) is 8.11. The molecule has 0 spiro atoms. The molecule has 36 heavy (non-hydrogen) atoms. The lowest BCUT2D eigenvalue weighted by Crippen LogP contribution is -2.55. The van der Waals surface area contributed by atoms with Crippen LogP contribution < -0.4 is 4.72 Å². The van der Waals surface area contributed by atoms with E-state index in [0.717, 1.165) is 5.56 Å². The minimum atomic E-state index is -3.78. The summed E-state index contributed by atoms with van der Waals surface area (Å²) < 4.78 is 63.7. The number of rotatable bonds is 10. The quantitative estimate of drug-likeness (QED) is 0.457. The number of carbonyl (C=O) groups is 1. The summed E-state index contributed by atoms with van der Waals surface area (Å²) >= 11 is 0. The van der Waals surface area contributed by atoms with Crippen molar-refractivity contribution in [2.45, 2.75) is 102 Å². The van der Waals surface area contributed by atoms with Crippen molar-refractivity contribution in [2.24, 2.45) is 0 Å². The average Bonchev–Trinajstić information content (AvgIpc) is 3.28. The molecule has 0 saturated carbocycles. The van der Waals surface area contributed by atoms with Crippen LogP contribution in [0, 0.1) is 0 Å². The Labute approximate surface area is 213 Å². The van der Waals surface area contributed by atoms with Gasteiger partial charge in [-0.2, -0.15) is 0 Å². The molecule has 6 atom stereocenters. The molecule has 3 heterocycles. The highest BCUT2D eigenvalue weighted by molar-refractivity contribution is 7.89. The summed E-state index contributed by atoms with van der Waals surface area (Å²) in [4.78, 5) is 12.5. The molecular weight excluding hydrogens is 490 g/mol. The number of sulfonamides is 1. The van der Waals surface area contributed by atoms with Gasteiger partial charge in [0.1, 0.15) is 24.4 Å². The van der Waals surface area contributed by atoms with Crippen LogP contribution in [0.5, 0.6) is 0 Å². The second-order valence-electron chi connectivity index (χ2n) is 10.3. The van der Waals surface area contributed by atoms with Crippen molar-refractivity contribution in [3.63, 3.8) is 0 Å². The second-order valence-corrected chi connectivity index (χ2v) is 12.2. The standard InChI is InChI=1S/C25H37NO9S/c1-6-30-22(27)17(15-16-11-8-7-9-12-16)26-36(28,29)14-10-13-18-19-20(33-24(2,3)32-19)21-23(31-18)35-25(4,5)34-21/h7-9,11-12,17-21,23,26H,6,10,13-15H2,1-5H3/t17-,18+,19-,20-,21+,23+/m0/s1. The van der Waals surface area contributed by atoms with E-state index < -0.39 is 58.2 Å². The van der Waals surface area contributed by atoms with Gasteiger partial charge in [0.2, 0.25) is 10.0 Å². The third kappa shape index (κ3) is 6.63. The molecule has 0 aromatic heterocycles. The molecule has 3 saturated heterocycles. The maximum absolute atomic E-state index is 12.9. The number of carbonyl (C=O) groups excluding carboxylic acids is 1. The Hall–Kier alpha value is -1.60. The maximum Gasteiger partial charge on any atom is 0.324 e. The van der Waals surface area contributed by atoms with Gasteiger partial charge in [-0.1, -0.05) is 30.3 Å². The first kappa shape index (κ1) is 27.4. The van der Waals surface area contributed by atoms with Gasteiger partial charge in [0, 0.05) is 0 Å². The number of esters is 1. The molecule has 3 fully saturated rings. The molecule has 0 aliphatic carbocycles. The number of nitrogens with one attached hydrogen (secondary N) is 1. The molecule has 10 nitrogen and oxygen atoms in total.